The Morgan fingerprint density at radius 2 is 2.14 bits per heavy atom. The van der Waals surface area contributed by atoms with Gasteiger partial charge in [-0.05, 0) is 31.2 Å². The van der Waals surface area contributed by atoms with Crippen LogP contribution in [0.5, 0.6) is 0 Å². The molecule has 0 aliphatic heterocycles. The van der Waals surface area contributed by atoms with Crippen molar-refractivity contribution in [2.24, 2.45) is 0 Å². The van der Waals surface area contributed by atoms with E-state index in [4.69, 9.17) is 4.42 Å². The van der Waals surface area contributed by atoms with Gasteiger partial charge in [0.25, 0.3) is 5.91 Å². The molecule has 22 heavy (non-hydrogen) atoms. The lowest BCUT2D eigenvalue weighted by atomic mass is 10.2. The Bertz CT molecular complexity index is 850. The lowest BCUT2D eigenvalue weighted by molar-refractivity contribution is 0.0749. The van der Waals surface area contributed by atoms with Crippen LogP contribution in [0.3, 0.4) is 0 Å². The highest BCUT2D eigenvalue weighted by atomic mass is 19.1. The van der Waals surface area contributed by atoms with Crippen LogP contribution in [0.1, 0.15) is 27.8 Å². The van der Waals surface area contributed by atoms with Gasteiger partial charge in [-0.25, -0.2) is 9.37 Å². The van der Waals surface area contributed by atoms with Crippen LogP contribution in [0.2, 0.25) is 0 Å². The fraction of sp³-hybridized carbons (Fsp3) is 0.250. The summed E-state index contributed by atoms with van der Waals surface area (Å²) in [5.74, 6) is 0.204. The molecule has 3 rings (SSSR count). The minimum Gasteiger partial charge on any atom is -0.436 e. The topological polar surface area (TPSA) is 62.1 Å². The third-order valence-corrected chi connectivity index (χ3v) is 3.49. The van der Waals surface area contributed by atoms with Gasteiger partial charge in [0.15, 0.2) is 5.89 Å². The number of nitrogens with one attached hydrogen (secondary N) is 1. The average molecular weight is 301 g/mol. The number of rotatable bonds is 3. The first-order valence-electron chi connectivity index (χ1n) is 6.90. The SMILES string of the molecule is Cc1nc(C)c(C(=O)N(C)Cc2cc3cc(F)ccc3[nH]2)o1. The number of oxazole rings is 1. The normalized spacial score (nSPS) is 11.1. The van der Waals surface area contributed by atoms with Crippen molar-refractivity contribution in [3.8, 4) is 0 Å². The van der Waals surface area contributed by atoms with Crippen LogP contribution < -0.4 is 0 Å². The van der Waals surface area contributed by atoms with Gasteiger partial charge in [-0.15, -0.1) is 0 Å². The highest BCUT2D eigenvalue weighted by Gasteiger charge is 2.20. The van der Waals surface area contributed by atoms with E-state index in [1.165, 1.54) is 17.0 Å². The van der Waals surface area contributed by atoms with E-state index < -0.39 is 0 Å². The zero-order valence-electron chi connectivity index (χ0n) is 12.6. The molecule has 0 radical (unpaired) electrons. The monoisotopic (exact) mass is 301 g/mol. The molecule has 0 fully saturated rings. The number of hydrogen-bond donors (Lipinski definition) is 1. The Kier molecular flexibility index (Phi) is 3.44. The van der Waals surface area contributed by atoms with Crippen molar-refractivity contribution in [2.75, 3.05) is 7.05 Å². The van der Waals surface area contributed by atoms with Crippen molar-refractivity contribution in [3.63, 3.8) is 0 Å². The van der Waals surface area contributed by atoms with E-state index in [0.29, 0.717) is 18.1 Å². The van der Waals surface area contributed by atoms with Gasteiger partial charge in [0.05, 0.1) is 12.2 Å². The molecule has 1 amide bonds. The lowest BCUT2D eigenvalue weighted by Gasteiger charge is -2.14. The highest BCUT2D eigenvalue weighted by Crippen LogP contribution is 2.19. The van der Waals surface area contributed by atoms with Gasteiger partial charge in [0.2, 0.25) is 5.76 Å². The molecule has 2 aromatic heterocycles. The largest absolute Gasteiger partial charge is 0.436 e. The number of halogens is 1. The third-order valence-electron chi connectivity index (χ3n) is 3.49. The molecule has 0 saturated heterocycles. The predicted octanol–water partition coefficient (Wildman–Crippen LogP) is 3.18. The number of aromatic nitrogens is 2. The van der Waals surface area contributed by atoms with Crippen molar-refractivity contribution in [1.29, 1.82) is 0 Å². The maximum Gasteiger partial charge on any atom is 0.291 e. The summed E-state index contributed by atoms with van der Waals surface area (Å²) in [5, 5.41) is 0.780. The smallest absolute Gasteiger partial charge is 0.291 e. The minimum atomic E-state index is -0.282. The summed E-state index contributed by atoms with van der Waals surface area (Å²) in [5.41, 5.74) is 2.24. The number of H-pyrrole nitrogens is 1. The van der Waals surface area contributed by atoms with Gasteiger partial charge in [0, 0.05) is 30.6 Å². The molecule has 2 heterocycles. The van der Waals surface area contributed by atoms with Crippen molar-refractivity contribution < 1.29 is 13.6 Å². The van der Waals surface area contributed by atoms with Gasteiger partial charge >= 0.3 is 0 Å². The van der Waals surface area contributed by atoms with Gasteiger partial charge in [-0.1, -0.05) is 0 Å². The van der Waals surface area contributed by atoms with Gasteiger partial charge in [-0.3, -0.25) is 4.79 Å². The molecule has 0 bridgehead atoms. The minimum absolute atomic E-state index is 0.233. The number of carbonyl (C=O) groups is 1. The number of hydrogen-bond acceptors (Lipinski definition) is 3. The summed E-state index contributed by atoms with van der Waals surface area (Å²) in [4.78, 5) is 21.2. The van der Waals surface area contributed by atoms with E-state index in [0.717, 1.165) is 16.6 Å². The van der Waals surface area contributed by atoms with Crippen molar-refractivity contribution >= 4 is 16.8 Å². The standard InChI is InChI=1S/C16H16FN3O2/c1-9-15(22-10(2)18-9)16(21)20(3)8-13-7-11-6-12(17)4-5-14(11)19-13/h4-7,19H,8H2,1-3H3. The molecule has 1 N–H and O–H groups in total. The number of amides is 1. The van der Waals surface area contributed by atoms with Crippen LogP contribution in [0.25, 0.3) is 10.9 Å². The lowest BCUT2D eigenvalue weighted by Crippen LogP contribution is -2.26. The van der Waals surface area contributed by atoms with E-state index in [1.807, 2.05) is 6.07 Å². The average Bonchev–Trinajstić information content (AvgIpc) is 2.99. The molecule has 0 aliphatic carbocycles. The molecule has 5 nitrogen and oxygen atoms in total. The first-order valence-corrected chi connectivity index (χ1v) is 6.90. The number of benzene rings is 1. The second kappa shape index (κ2) is 5.29. The molecule has 1 aromatic carbocycles. The summed E-state index contributed by atoms with van der Waals surface area (Å²) in [6.45, 7) is 3.81. The molecule has 0 aliphatic rings. The van der Waals surface area contributed by atoms with E-state index in [2.05, 4.69) is 9.97 Å². The number of aryl methyl sites for hydroxylation is 2. The zero-order valence-corrected chi connectivity index (χ0v) is 12.6. The van der Waals surface area contributed by atoms with Crippen LogP contribution in [0.4, 0.5) is 4.39 Å². The first kappa shape index (κ1) is 14.3. The van der Waals surface area contributed by atoms with E-state index in [-0.39, 0.29) is 17.5 Å². The fourth-order valence-electron chi connectivity index (χ4n) is 2.48. The van der Waals surface area contributed by atoms with Crippen LogP contribution in [-0.4, -0.2) is 27.8 Å². The molecule has 0 atom stereocenters. The summed E-state index contributed by atoms with van der Waals surface area (Å²) in [6, 6.07) is 6.37. The number of aromatic amines is 1. The molecular formula is C16H16FN3O2. The van der Waals surface area contributed by atoms with Crippen molar-refractivity contribution in [3.05, 3.63) is 53.1 Å². The Hall–Kier alpha value is -2.63. The third kappa shape index (κ3) is 2.59. The second-order valence-corrected chi connectivity index (χ2v) is 5.33. The van der Waals surface area contributed by atoms with Crippen molar-refractivity contribution in [2.45, 2.75) is 20.4 Å². The summed E-state index contributed by atoms with van der Waals surface area (Å²) in [7, 11) is 1.69. The number of fused-ring (bicyclic) bond motifs is 1. The van der Waals surface area contributed by atoms with Gasteiger partial charge in [0.1, 0.15) is 5.82 Å². The fourth-order valence-corrected chi connectivity index (χ4v) is 2.48. The second-order valence-electron chi connectivity index (χ2n) is 5.33. The summed E-state index contributed by atoms with van der Waals surface area (Å²) >= 11 is 0. The van der Waals surface area contributed by atoms with Crippen molar-refractivity contribution in [1.82, 2.24) is 14.9 Å². The molecule has 0 unspecified atom stereocenters. The van der Waals surface area contributed by atoms with Crippen LogP contribution in [0.15, 0.2) is 28.7 Å². The summed E-state index contributed by atoms with van der Waals surface area (Å²) < 4.78 is 18.6. The Labute approximate surface area is 126 Å². The van der Waals surface area contributed by atoms with E-state index in [9.17, 15) is 9.18 Å². The number of nitrogens with zero attached hydrogens (tertiary/aromatic N) is 2. The quantitative estimate of drug-likeness (QED) is 0.808. The van der Waals surface area contributed by atoms with Gasteiger partial charge < -0.3 is 14.3 Å². The van der Waals surface area contributed by atoms with Crippen LogP contribution in [-0.2, 0) is 6.54 Å². The molecule has 0 saturated carbocycles. The van der Waals surface area contributed by atoms with Crippen LogP contribution >= 0.6 is 0 Å². The maximum atomic E-state index is 13.2. The zero-order chi connectivity index (χ0) is 15.9. The highest BCUT2D eigenvalue weighted by molar-refractivity contribution is 5.92. The van der Waals surface area contributed by atoms with E-state index >= 15 is 0 Å². The molecule has 0 spiro atoms. The van der Waals surface area contributed by atoms with Gasteiger partial charge in [-0.2, -0.15) is 0 Å². The first-order chi connectivity index (χ1) is 10.4. The maximum absolute atomic E-state index is 13.2. The predicted molar refractivity (Wildman–Crippen MR) is 80.0 cm³/mol. The Balaban J connectivity index is 1.81. The molecular weight excluding hydrogens is 285 g/mol. The van der Waals surface area contributed by atoms with Crippen LogP contribution in [0, 0.1) is 19.7 Å². The molecule has 6 heteroatoms. The molecule has 114 valence electrons. The Morgan fingerprint density at radius 1 is 1.36 bits per heavy atom. The summed E-state index contributed by atoms with van der Waals surface area (Å²) in [6.07, 6.45) is 0. The molecule has 3 aromatic rings. The van der Waals surface area contributed by atoms with E-state index in [1.54, 1.807) is 27.0 Å². The Morgan fingerprint density at radius 3 is 2.82 bits per heavy atom. The number of carbonyl (C=O) groups excluding carboxylic acids is 1.